The minimum absolute atomic E-state index is 0.190. The molecule has 0 saturated heterocycles. The van der Waals surface area contributed by atoms with Gasteiger partial charge in [-0.3, -0.25) is 4.79 Å². The van der Waals surface area contributed by atoms with Gasteiger partial charge >= 0.3 is 5.97 Å². The first kappa shape index (κ1) is 20.2. The average Bonchev–Trinajstić information content (AvgIpc) is 3.24. The predicted molar refractivity (Wildman–Crippen MR) is 115 cm³/mol. The Bertz CT molecular complexity index is 1210. The molecule has 0 radical (unpaired) electrons. The number of amides is 1. The first-order chi connectivity index (χ1) is 15.1. The van der Waals surface area contributed by atoms with Crippen molar-refractivity contribution in [2.24, 2.45) is 0 Å². The molecule has 31 heavy (non-hydrogen) atoms. The zero-order valence-electron chi connectivity index (χ0n) is 16.1. The van der Waals surface area contributed by atoms with Crippen molar-refractivity contribution in [1.82, 2.24) is 20.2 Å². The van der Waals surface area contributed by atoms with Crippen LogP contribution >= 0.6 is 11.6 Å². The highest BCUT2D eigenvalue weighted by Crippen LogP contribution is 2.20. The lowest BCUT2D eigenvalue weighted by molar-refractivity contribution is -0.135. The van der Waals surface area contributed by atoms with Gasteiger partial charge < -0.3 is 10.1 Å². The van der Waals surface area contributed by atoms with Gasteiger partial charge in [0.1, 0.15) is 5.75 Å². The fourth-order valence-corrected chi connectivity index (χ4v) is 2.96. The van der Waals surface area contributed by atoms with Crippen molar-refractivity contribution >= 4 is 29.2 Å². The quantitative estimate of drug-likeness (QED) is 0.366. The van der Waals surface area contributed by atoms with Crippen molar-refractivity contribution in [2.75, 3.05) is 5.32 Å². The van der Waals surface area contributed by atoms with Crippen molar-refractivity contribution in [3.05, 3.63) is 89.4 Å². The molecular formula is C22H16ClN5O3. The van der Waals surface area contributed by atoms with Crippen LogP contribution in [0, 0.1) is 0 Å². The van der Waals surface area contributed by atoms with Crippen LogP contribution < -0.4 is 10.1 Å². The zero-order chi connectivity index (χ0) is 21.6. The molecule has 0 aliphatic carbocycles. The van der Waals surface area contributed by atoms with Crippen LogP contribution in [0.3, 0.4) is 0 Å². The number of rotatable bonds is 6. The Morgan fingerprint density at radius 1 is 0.935 bits per heavy atom. The first-order valence-electron chi connectivity index (χ1n) is 9.28. The number of esters is 1. The Morgan fingerprint density at radius 3 is 2.39 bits per heavy atom. The van der Waals surface area contributed by atoms with Crippen LogP contribution in [-0.2, 0) is 11.3 Å². The highest BCUT2D eigenvalue weighted by atomic mass is 35.5. The van der Waals surface area contributed by atoms with Gasteiger partial charge in [0.25, 0.3) is 5.91 Å². The minimum atomic E-state index is -0.551. The van der Waals surface area contributed by atoms with Crippen LogP contribution in [0.2, 0.25) is 5.02 Å². The molecule has 4 rings (SSSR count). The van der Waals surface area contributed by atoms with E-state index in [1.807, 2.05) is 30.3 Å². The van der Waals surface area contributed by atoms with Gasteiger partial charge in [0.2, 0.25) is 5.82 Å². The number of ether oxygens (including phenoxy) is 1. The smallest absolute Gasteiger partial charge is 0.335 e. The van der Waals surface area contributed by atoms with E-state index in [9.17, 15) is 9.59 Å². The number of carbonyl (C=O) groups excluding carboxylic acids is 2. The number of tetrazole rings is 1. The number of hydrogen-bond donors (Lipinski definition) is 1. The maximum atomic E-state index is 12.3. The van der Waals surface area contributed by atoms with E-state index < -0.39 is 5.97 Å². The molecule has 0 atom stereocenters. The van der Waals surface area contributed by atoms with Gasteiger partial charge in [-0.1, -0.05) is 54.1 Å². The number of hydrogen-bond acceptors (Lipinski definition) is 6. The van der Waals surface area contributed by atoms with E-state index in [0.29, 0.717) is 27.8 Å². The van der Waals surface area contributed by atoms with Crippen LogP contribution in [0.15, 0.2) is 78.9 Å². The Hall–Kier alpha value is -4.04. The summed E-state index contributed by atoms with van der Waals surface area (Å²) >= 11 is 6.04. The van der Waals surface area contributed by atoms with E-state index >= 15 is 0 Å². The largest absolute Gasteiger partial charge is 0.425 e. The molecule has 0 unspecified atom stereocenters. The van der Waals surface area contributed by atoms with Crippen molar-refractivity contribution in [3.63, 3.8) is 0 Å². The lowest BCUT2D eigenvalue weighted by atomic mass is 10.2. The lowest BCUT2D eigenvalue weighted by Crippen LogP contribution is -2.18. The Labute approximate surface area is 182 Å². The monoisotopic (exact) mass is 433 g/mol. The molecule has 9 heteroatoms. The SMILES string of the molecule is O=C(Cn1nnc(-c2ccccc2)n1)Oc1ccc(NC(=O)c2ccccc2Cl)cc1. The van der Waals surface area contributed by atoms with Gasteiger partial charge in [0, 0.05) is 11.3 Å². The molecule has 154 valence electrons. The van der Waals surface area contributed by atoms with E-state index in [4.69, 9.17) is 16.3 Å². The molecule has 0 bridgehead atoms. The van der Waals surface area contributed by atoms with Crippen LogP contribution in [0.4, 0.5) is 5.69 Å². The molecule has 1 N–H and O–H groups in total. The number of nitrogens with one attached hydrogen (secondary N) is 1. The first-order valence-corrected chi connectivity index (χ1v) is 9.66. The topological polar surface area (TPSA) is 99.0 Å². The third-order valence-electron chi connectivity index (χ3n) is 4.22. The van der Waals surface area contributed by atoms with Crippen molar-refractivity contribution in [2.45, 2.75) is 6.54 Å². The Balaban J connectivity index is 1.34. The molecule has 0 fully saturated rings. The van der Waals surface area contributed by atoms with E-state index in [0.717, 1.165) is 5.56 Å². The number of benzene rings is 3. The summed E-state index contributed by atoms with van der Waals surface area (Å²) in [6, 6.07) is 22.5. The summed E-state index contributed by atoms with van der Waals surface area (Å²) < 4.78 is 5.30. The molecular weight excluding hydrogens is 418 g/mol. The predicted octanol–water partition coefficient (Wildman–Crippen LogP) is 3.85. The number of carbonyl (C=O) groups is 2. The van der Waals surface area contributed by atoms with Gasteiger partial charge in [0.05, 0.1) is 10.6 Å². The summed E-state index contributed by atoms with van der Waals surface area (Å²) in [5.74, 6) is -0.136. The van der Waals surface area contributed by atoms with Gasteiger partial charge in [-0.15, -0.1) is 10.2 Å². The molecule has 8 nitrogen and oxygen atoms in total. The fraction of sp³-hybridized carbons (Fsp3) is 0.0455. The Kier molecular flexibility index (Phi) is 6.00. The maximum Gasteiger partial charge on any atom is 0.335 e. The maximum absolute atomic E-state index is 12.3. The van der Waals surface area contributed by atoms with Gasteiger partial charge in [-0.2, -0.15) is 4.80 Å². The molecule has 0 aliphatic rings. The van der Waals surface area contributed by atoms with Crippen LogP contribution in [0.25, 0.3) is 11.4 Å². The highest BCUT2D eigenvalue weighted by Gasteiger charge is 2.12. The summed E-state index contributed by atoms with van der Waals surface area (Å²) in [4.78, 5) is 25.6. The molecule has 0 aliphatic heterocycles. The Morgan fingerprint density at radius 2 is 1.65 bits per heavy atom. The van der Waals surface area contributed by atoms with E-state index in [1.165, 1.54) is 4.80 Å². The molecule has 0 spiro atoms. The van der Waals surface area contributed by atoms with E-state index in [-0.39, 0.29) is 12.5 Å². The van der Waals surface area contributed by atoms with Crippen LogP contribution in [0.1, 0.15) is 10.4 Å². The summed E-state index contributed by atoms with van der Waals surface area (Å²) in [6.45, 7) is -0.190. The van der Waals surface area contributed by atoms with E-state index in [2.05, 4.69) is 20.7 Å². The normalized spacial score (nSPS) is 10.5. The molecule has 4 aromatic rings. The molecule has 0 saturated carbocycles. The number of halogens is 1. The second-order valence-electron chi connectivity index (χ2n) is 6.44. The third kappa shape index (κ3) is 5.12. The molecule has 1 amide bonds. The number of aromatic nitrogens is 4. The van der Waals surface area contributed by atoms with Crippen molar-refractivity contribution < 1.29 is 14.3 Å². The summed E-state index contributed by atoms with van der Waals surface area (Å²) in [6.07, 6.45) is 0. The molecule has 1 aromatic heterocycles. The third-order valence-corrected chi connectivity index (χ3v) is 4.55. The summed E-state index contributed by atoms with van der Waals surface area (Å²) in [5, 5.41) is 15.1. The summed E-state index contributed by atoms with van der Waals surface area (Å²) in [7, 11) is 0. The fourth-order valence-electron chi connectivity index (χ4n) is 2.74. The zero-order valence-corrected chi connectivity index (χ0v) is 16.9. The second-order valence-corrected chi connectivity index (χ2v) is 6.85. The molecule has 1 heterocycles. The standard InChI is InChI=1S/C22H16ClN5O3/c23-19-9-5-4-8-18(19)22(30)24-16-10-12-17(13-11-16)31-20(29)14-28-26-21(25-27-28)15-6-2-1-3-7-15/h1-13H,14H2,(H,24,30). The van der Waals surface area contributed by atoms with Gasteiger partial charge in [-0.25, -0.2) is 4.79 Å². The minimum Gasteiger partial charge on any atom is -0.425 e. The van der Waals surface area contributed by atoms with Gasteiger partial charge in [-0.05, 0) is 41.6 Å². The number of nitrogens with zero attached hydrogens (tertiary/aromatic N) is 4. The van der Waals surface area contributed by atoms with Crippen molar-refractivity contribution in [1.29, 1.82) is 0 Å². The second kappa shape index (κ2) is 9.19. The average molecular weight is 434 g/mol. The highest BCUT2D eigenvalue weighted by molar-refractivity contribution is 6.34. The lowest BCUT2D eigenvalue weighted by Gasteiger charge is -2.08. The number of anilines is 1. The van der Waals surface area contributed by atoms with Crippen LogP contribution in [0.5, 0.6) is 5.75 Å². The van der Waals surface area contributed by atoms with E-state index in [1.54, 1.807) is 48.5 Å². The van der Waals surface area contributed by atoms with Crippen LogP contribution in [-0.4, -0.2) is 32.1 Å². The summed E-state index contributed by atoms with van der Waals surface area (Å²) in [5.41, 5.74) is 1.71. The van der Waals surface area contributed by atoms with Crippen molar-refractivity contribution in [3.8, 4) is 17.1 Å². The van der Waals surface area contributed by atoms with Gasteiger partial charge in [0.15, 0.2) is 6.54 Å². The molecule has 3 aromatic carbocycles.